The van der Waals surface area contributed by atoms with Crippen LogP contribution >= 0.6 is 0 Å². The summed E-state index contributed by atoms with van der Waals surface area (Å²) in [5.74, 6) is 0. The Bertz CT molecular complexity index is 745. The predicted octanol–water partition coefficient (Wildman–Crippen LogP) is 3.38. The topological polar surface area (TPSA) is 36.4 Å². The van der Waals surface area contributed by atoms with Crippen LogP contribution in [0.5, 0.6) is 0 Å². The van der Waals surface area contributed by atoms with Gasteiger partial charge in [0.2, 0.25) is 0 Å². The monoisotopic (exact) mass is 278 g/mol. The summed E-state index contributed by atoms with van der Waals surface area (Å²) in [5, 5.41) is 12.8. The first-order valence-corrected chi connectivity index (χ1v) is 6.95. The molecule has 21 heavy (non-hydrogen) atoms. The van der Waals surface area contributed by atoms with Crippen LogP contribution in [0.25, 0.3) is 10.8 Å². The van der Waals surface area contributed by atoms with Gasteiger partial charge in [0, 0.05) is 37.6 Å². The molecule has 3 nitrogen and oxygen atoms in total. The Hall–Kier alpha value is -2.39. The molecule has 3 rings (SSSR count). The quantitative estimate of drug-likeness (QED) is 0.798. The van der Waals surface area contributed by atoms with Gasteiger partial charge in [0.1, 0.15) is 6.10 Å². The smallest absolute Gasteiger partial charge is 0.105 e. The lowest BCUT2D eigenvalue weighted by molar-refractivity contribution is 0.222. The van der Waals surface area contributed by atoms with E-state index >= 15 is 0 Å². The van der Waals surface area contributed by atoms with Crippen LogP contribution in [0.4, 0.5) is 5.69 Å². The van der Waals surface area contributed by atoms with Gasteiger partial charge >= 0.3 is 0 Å². The van der Waals surface area contributed by atoms with Gasteiger partial charge in [-0.2, -0.15) is 0 Å². The second-order valence-corrected chi connectivity index (χ2v) is 5.33. The average Bonchev–Trinajstić information content (AvgIpc) is 2.53. The SMILES string of the molecule is CN(C)c1ccc(C(O)c2cccc3ccncc23)cc1. The number of anilines is 1. The molecule has 2 aromatic carbocycles. The van der Waals surface area contributed by atoms with Gasteiger partial charge in [-0.3, -0.25) is 4.98 Å². The highest BCUT2D eigenvalue weighted by atomic mass is 16.3. The number of aliphatic hydroxyl groups excluding tert-OH is 1. The van der Waals surface area contributed by atoms with Crippen molar-refractivity contribution < 1.29 is 5.11 Å². The Balaban J connectivity index is 2.02. The van der Waals surface area contributed by atoms with Gasteiger partial charge in [0.05, 0.1) is 0 Å². The summed E-state index contributed by atoms with van der Waals surface area (Å²) >= 11 is 0. The molecule has 0 aliphatic carbocycles. The summed E-state index contributed by atoms with van der Waals surface area (Å²) in [6.45, 7) is 0. The summed E-state index contributed by atoms with van der Waals surface area (Å²) in [6, 6.07) is 15.9. The van der Waals surface area contributed by atoms with Crippen molar-refractivity contribution in [1.82, 2.24) is 4.98 Å². The molecule has 1 aromatic heterocycles. The van der Waals surface area contributed by atoms with Gasteiger partial charge in [-0.05, 0) is 34.7 Å². The summed E-state index contributed by atoms with van der Waals surface area (Å²) in [5.41, 5.74) is 2.89. The highest BCUT2D eigenvalue weighted by Gasteiger charge is 2.13. The zero-order chi connectivity index (χ0) is 14.8. The van der Waals surface area contributed by atoms with E-state index in [4.69, 9.17) is 0 Å². The Morgan fingerprint density at radius 3 is 2.48 bits per heavy atom. The molecule has 0 radical (unpaired) electrons. The number of fused-ring (bicyclic) bond motifs is 1. The number of rotatable bonds is 3. The molecule has 106 valence electrons. The Kier molecular flexibility index (Phi) is 3.59. The number of aliphatic hydroxyl groups is 1. The standard InChI is InChI=1S/C18H18N2O/c1-20(2)15-8-6-14(7-9-15)18(21)16-5-3-4-13-10-11-19-12-17(13)16/h3-12,18,21H,1-2H3. The Morgan fingerprint density at radius 2 is 1.76 bits per heavy atom. The molecule has 0 aliphatic heterocycles. The second-order valence-electron chi connectivity index (χ2n) is 5.33. The Morgan fingerprint density at radius 1 is 1.00 bits per heavy atom. The van der Waals surface area contributed by atoms with Gasteiger partial charge in [0.25, 0.3) is 0 Å². The second kappa shape index (κ2) is 5.54. The first kappa shape index (κ1) is 13.6. The number of pyridine rings is 1. The molecule has 1 N–H and O–H groups in total. The van der Waals surface area contributed by atoms with Crippen molar-refractivity contribution in [2.75, 3.05) is 19.0 Å². The van der Waals surface area contributed by atoms with E-state index in [1.165, 1.54) is 0 Å². The van der Waals surface area contributed by atoms with Crippen LogP contribution in [-0.4, -0.2) is 24.2 Å². The first-order valence-electron chi connectivity index (χ1n) is 6.95. The van der Waals surface area contributed by atoms with Crippen molar-refractivity contribution in [3.05, 3.63) is 72.1 Å². The number of benzene rings is 2. The molecule has 1 heterocycles. The van der Waals surface area contributed by atoms with Crippen molar-refractivity contribution in [2.24, 2.45) is 0 Å². The van der Waals surface area contributed by atoms with E-state index in [-0.39, 0.29) is 0 Å². The van der Waals surface area contributed by atoms with Gasteiger partial charge in [-0.25, -0.2) is 0 Å². The summed E-state index contributed by atoms with van der Waals surface area (Å²) in [6.07, 6.45) is 2.93. The van der Waals surface area contributed by atoms with Crippen LogP contribution < -0.4 is 4.90 Å². The van der Waals surface area contributed by atoms with Crippen LogP contribution in [0.15, 0.2) is 60.9 Å². The predicted molar refractivity (Wildman–Crippen MR) is 86.6 cm³/mol. The fourth-order valence-corrected chi connectivity index (χ4v) is 2.51. The molecule has 0 fully saturated rings. The minimum Gasteiger partial charge on any atom is -0.384 e. The normalized spacial score (nSPS) is 12.3. The summed E-state index contributed by atoms with van der Waals surface area (Å²) < 4.78 is 0. The molecule has 0 saturated heterocycles. The lowest BCUT2D eigenvalue weighted by Gasteiger charge is -2.16. The highest BCUT2D eigenvalue weighted by Crippen LogP contribution is 2.29. The van der Waals surface area contributed by atoms with Crippen LogP contribution in [0.2, 0.25) is 0 Å². The molecule has 0 bridgehead atoms. The molecule has 0 aliphatic rings. The largest absolute Gasteiger partial charge is 0.384 e. The Labute approximate surface area is 124 Å². The zero-order valence-electron chi connectivity index (χ0n) is 12.2. The molecule has 1 unspecified atom stereocenters. The van der Waals surface area contributed by atoms with E-state index in [1.807, 2.05) is 73.7 Å². The van der Waals surface area contributed by atoms with E-state index in [0.717, 1.165) is 27.6 Å². The van der Waals surface area contributed by atoms with Gasteiger partial charge in [-0.1, -0.05) is 30.3 Å². The number of aromatic nitrogens is 1. The number of hydrogen-bond donors (Lipinski definition) is 1. The van der Waals surface area contributed by atoms with Crippen molar-refractivity contribution in [3.63, 3.8) is 0 Å². The minimum absolute atomic E-state index is 0.644. The number of hydrogen-bond acceptors (Lipinski definition) is 3. The molecule has 0 saturated carbocycles. The fourth-order valence-electron chi connectivity index (χ4n) is 2.51. The van der Waals surface area contributed by atoms with Crippen LogP contribution in [0.1, 0.15) is 17.2 Å². The molecule has 1 atom stereocenters. The van der Waals surface area contributed by atoms with Crippen molar-refractivity contribution in [3.8, 4) is 0 Å². The van der Waals surface area contributed by atoms with Gasteiger partial charge < -0.3 is 10.0 Å². The van der Waals surface area contributed by atoms with Crippen LogP contribution in [-0.2, 0) is 0 Å². The van der Waals surface area contributed by atoms with E-state index in [2.05, 4.69) is 4.98 Å². The molecular weight excluding hydrogens is 260 g/mol. The van der Waals surface area contributed by atoms with Gasteiger partial charge in [-0.15, -0.1) is 0 Å². The van der Waals surface area contributed by atoms with E-state index in [9.17, 15) is 5.11 Å². The highest BCUT2D eigenvalue weighted by molar-refractivity contribution is 5.85. The van der Waals surface area contributed by atoms with Crippen molar-refractivity contribution in [1.29, 1.82) is 0 Å². The molecular formula is C18H18N2O. The lowest BCUT2D eigenvalue weighted by atomic mass is 9.97. The summed E-state index contributed by atoms with van der Waals surface area (Å²) in [4.78, 5) is 6.21. The molecule has 3 heteroatoms. The maximum atomic E-state index is 10.7. The molecule has 0 amide bonds. The minimum atomic E-state index is -0.644. The van der Waals surface area contributed by atoms with E-state index in [1.54, 1.807) is 6.20 Å². The van der Waals surface area contributed by atoms with E-state index < -0.39 is 6.10 Å². The van der Waals surface area contributed by atoms with E-state index in [0.29, 0.717) is 0 Å². The number of nitrogens with zero attached hydrogens (tertiary/aromatic N) is 2. The molecule has 3 aromatic rings. The first-order chi connectivity index (χ1) is 10.2. The fraction of sp³-hybridized carbons (Fsp3) is 0.167. The van der Waals surface area contributed by atoms with Crippen molar-refractivity contribution in [2.45, 2.75) is 6.10 Å². The third-order valence-corrected chi connectivity index (χ3v) is 3.74. The van der Waals surface area contributed by atoms with Crippen LogP contribution in [0.3, 0.4) is 0 Å². The third-order valence-electron chi connectivity index (χ3n) is 3.74. The maximum Gasteiger partial charge on any atom is 0.105 e. The average molecular weight is 278 g/mol. The maximum absolute atomic E-state index is 10.7. The summed E-state index contributed by atoms with van der Waals surface area (Å²) in [7, 11) is 4.00. The lowest BCUT2D eigenvalue weighted by Crippen LogP contribution is -2.08. The molecule has 0 spiro atoms. The third kappa shape index (κ3) is 2.60. The van der Waals surface area contributed by atoms with Crippen LogP contribution in [0, 0.1) is 0 Å². The van der Waals surface area contributed by atoms with Crippen molar-refractivity contribution >= 4 is 16.5 Å². The zero-order valence-corrected chi connectivity index (χ0v) is 12.2. The van der Waals surface area contributed by atoms with Gasteiger partial charge in [0.15, 0.2) is 0 Å².